The first-order chi connectivity index (χ1) is 10.1. The number of hydrogen-bond donors (Lipinski definition) is 1. The van der Waals surface area contributed by atoms with Crippen molar-refractivity contribution in [3.63, 3.8) is 0 Å². The molecule has 0 aliphatic carbocycles. The Morgan fingerprint density at radius 2 is 1.90 bits per heavy atom. The number of methoxy groups -OCH3 is 2. The molecule has 1 aromatic carbocycles. The Morgan fingerprint density at radius 1 is 1.19 bits per heavy atom. The summed E-state index contributed by atoms with van der Waals surface area (Å²) in [5.41, 5.74) is 1.58. The molecule has 21 heavy (non-hydrogen) atoms. The Hall–Kier alpha value is -0.580. The van der Waals surface area contributed by atoms with Gasteiger partial charge in [-0.3, -0.25) is 0 Å². The molecule has 0 aromatic heterocycles. The monoisotopic (exact) mass is 357 g/mol. The molecule has 0 amide bonds. The lowest BCUT2D eigenvalue weighted by Gasteiger charge is -2.33. The molecule has 0 atom stereocenters. The average Bonchev–Trinajstić information content (AvgIpc) is 2.52. The lowest BCUT2D eigenvalue weighted by molar-refractivity contribution is 0.185. The second-order valence-electron chi connectivity index (χ2n) is 5.51. The molecule has 0 bridgehead atoms. The maximum atomic E-state index is 5.35. The highest BCUT2D eigenvalue weighted by Crippen LogP contribution is 2.34. The fourth-order valence-electron chi connectivity index (χ4n) is 2.56. The van der Waals surface area contributed by atoms with Crippen LogP contribution in [0.4, 0.5) is 0 Å². The van der Waals surface area contributed by atoms with Gasteiger partial charge in [-0.1, -0.05) is 29.8 Å². The average molecular weight is 358 g/mol. The van der Waals surface area contributed by atoms with E-state index in [1.54, 1.807) is 14.2 Å². The molecule has 0 spiro atoms. The van der Waals surface area contributed by atoms with Crippen LogP contribution in [0.25, 0.3) is 0 Å². The van der Waals surface area contributed by atoms with E-state index in [4.69, 9.17) is 9.47 Å². The van der Waals surface area contributed by atoms with Gasteiger partial charge in [0.05, 0.1) is 13.7 Å². The van der Waals surface area contributed by atoms with Crippen molar-refractivity contribution in [3.05, 3.63) is 28.2 Å². The van der Waals surface area contributed by atoms with Gasteiger partial charge in [-0.2, -0.15) is 0 Å². The highest BCUT2D eigenvalue weighted by atomic mass is 79.9. The first kappa shape index (κ1) is 18.5. The highest BCUT2D eigenvalue weighted by molar-refractivity contribution is 9.10. The van der Waals surface area contributed by atoms with E-state index in [1.165, 1.54) is 5.56 Å². The molecule has 0 saturated heterocycles. The molecular formula is C17H28BrNO2. The van der Waals surface area contributed by atoms with Gasteiger partial charge < -0.3 is 14.8 Å². The maximum Gasteiger partial charge on any atom is 0.119 e. The third kappa shape index (κ3) is 5.61. The van der Waals surface area contributed by atoms with Crippen molar-refractivity contribution in [1.29, 1.82) is 0 Å². The van der Waals surface area contributed by atoms with Crippen molar-refractivity contribution in [3.8, 4) is 5.75 Å². The van der Waals surface area contributed by atoms with Crippen LogP contribution in [0.2, 0.25) is 0 Å². The van der Waals surface area contributed by atoms with Gasteiger partial charge in [-0.05, 0) is 48.4 Å². The molecule has 1 aromatic rings. The summed E-state index contributed by atoms with van der Waals surface area (Å²) < 4.78 is 11.6. The Balaban J connectivity index is 2.81. The lowest BCUT2D eigenvalue weighted by Crippen LogP contribution is -2.36. The number of halogens is 1. The van der Waals surface area contributed by atoms with E-state index in [1.807, 2.05) is 6.07 Å². The normalized spacial score (nSPS) is 11.7. The third-order valence-corrected chi connectivity index (χ3v) is 5.07. The Kier molecular flexibility index (Phi) is 8.30. The lowest BCUT2D eigenvalue weighted by atomic mass is 9.77. The van der Waals surface area contributed by atoms with Crippen LogP contribution in [-0.4, -0.2) is 33.9 Å². The fourth-order valence-corrected chi connectivity index (χ4v) is 2.94. The maximum absolute atomic E-state index is 5.35. The van der Waals surface area contributed by atoms with Crippen molar-refractivity contribution in [2.75, 3.05) is 33.9 Å². The third-order valence-electron chi connectivity index (χ3n) is 4.30. The Morgan fingerprint density at radius 3 is 2.48 bits per heavy atom. The molecule has 0 radical (unpaired) electrons. The summed E-state index contributed by atoms with van der Waals surface area (Å²) in [6.45, 7) is 7.21. The summed E-state index contributed by atoms with van der Waals surface area (Å²) in [6.07, 6.45) is 3.33. The second kappa shape index (κ2) is 9.44. The molecule has 0 aliphatic heterocycles. The van der Waals surface area contributed by atoms with Gasteiger partial charge in [0.1, 0.15) is 5.75 Å². The van der Waals surface area contributed by atoms with E-state index in [9.17, 15) is 0 Å². The fraction of sp³-hybridized carbons (Fsp3) is 0.647. The van der Waals surface area contributed by atoms with Gasteiger partial charge in [0.25, 0.3) is 0 Å². The largest absolute Gasteiger partial charge is 0.497 e. The predicted octanol–water partition coefficient (Wildman–Crippen LogP) is 4.04. The van der Waals surface area contributed by atoms with Crippen LogP contribution in [0.5, 0.6) is 5.75 Å². The van der Waals surface area contributed by atoms with Crippen LogP contribution < -0.4 is 10.1 Å². The topological polar surface area (TPSA) is 30.5 Å². The molecule has 120 valence electrons. The first-order valence-corrected chi connectivity index (χ1v) is 8.42. The molecule has 0 fully saturated rings. The minimum absolute atomic E-state index is 0.266. The summed E-state index contributed by atoms with van der Waals surface area (Å²) in [6, 6.07) is 6.20. The summed E-state index contributed by atoms with van der Waals surface area (Å²) >= 11 is 3.67. The zero-order chi connectivity index (χ0) is 15.7. The summed E-state index contributed by atoms with van der Waals surface area (Å²) in [4.78, 5) is 0. The van der Waals surface area contributed by atoms with Crippen molar-refractivity contribution in [2.45, 2.75) is 33.1 Å². The van der Waals surface area contributed by atoms with E-state index in [-0.39, 0.29) is 5.41 Å². The van der Waals surface area contributed by atoms with Crippen LogP contribution in [0.3, 0.4) is 0 Å². The van der Waals surface area contributed by atoms with Gasteiger partial charge in [0, 0.05) is 24.7 Å². The van der Waals surface area contributed by atoms with Crippen molar-refractivity contribution < 1.29 is 9.47 Å². The molecule has 4 heteroatoms. The molecule has 1 N–H and O–H groups in total. The van der Waals surface area contributed by atoms with Gasteiger partial charge in [0.15, 0.2) is 0 Å². The van der Waals surface area contributed by atoms with E-state index in [0.29, 0.717) is 0 Å². The van der Waals surface area contributed by atoms with Crippen LogP contribution in [0.1, 0.15) is 32.3 Å². The Bertz CT molecular complexity index is 419. The van der Waals surface area contributed by atoms with Crippen molar-refractivity contribution in [1.82, 2.24) is 5.32 Å². The molecule has 0 unspecified atom stereocenters. The minimum atomic E-state index is 0.266. The Labute approximate surface area is 137 Å². The van der Waals surface area contributed by atoms with Crippen LogP contribution >= 0.6 is 15.9 Å². The number of benzene rings is 1. The first-order valence-electron chi connectivity index (χ1n) is 7.63. The summed E-state index contributed by atoms with van der Waals surface area (Å²) in [7, 11) is 3.45. The zero-order valence-corrected chi connectivity index (χ0v) is 15.3. The molecule has 1 rings (SSSR count). The molecule has 0 heterocycles. The van der Waals surface area contributed by atoms with Crippen LogP contribution in [0, 0.1) is 5.41 Å². The molecular weight excluding hydrogens is 330 g/mol. The smallest absolute Gasteiger partial charge is 0.119 e. The van der Waals surface area contributed by atoms with Gasteiger partial charge in [-0.15, -0.1) is 0 Å². The van der Waals surface area contributed by atoms with E-state index < -0.39 is 0 Å². The minimum Gasteiger partial charge on any atom is -0.497 e. The van der Waals surface area contributed by atoms with E-state index in [2.05, 4.69) is 47.2 Å². The quantitative estimate of drug-likeness (QED) is 0.641. The molecule has 3 nitrogen and oxygen atoms in total. The number of ether oxygens (including phenoxy) is 2. The standard InChI is InChI=1S/C17H28BrNO2/c1-5-17(6-2,13-19-9-10-20-3)12-14-11-15(21-4)7-8-16(14)18/h7-8,11,19H,5-6,9-10,12-13H2,1-4H3. The summed E-state index contributed by atoms with van der Waals surface area (Å²) in [5.74, 6) is 0.918. The SMILES string of the molecule is CCC(CC)(CNCCOC)Cc1cc(OC)ccc1Br. The van der Waals surface area contributed by atoms with E-state index >= 15 is 0 Å². The number of hydrogen-bond acceptors (Lipinski definition) is 3. The van der Waals surface area contributed by atoms with Crippen molar-refractivity contribution >= 4 is 15.9 Å². The summed E-state index contributed by atoms with van der Waals surface area (Å²) in [5, 5.41) is 3.53. The zero-order valence-electron chi connectivity index (χ0n) is 13.7. The number of rotatable bonds is 10. The molecule has 0 saturated carbocycles. The predicted molar refractivity (Wildman–Crippen MR) is 92.2 cm³/mol. The second-order valence-corrected chi connectivity index (χ2v) is 6.37. The molecule has 0 aliphatic rings. The highest BCUT2D eigenvalue weighted by Gasteiger charge is 2.27. The van der Waals surface area contributed by atoms with Crippen LogP contribution in [0.15, 0.2) is 22.7 Å². The van der Waals surface area contributed by atoms with E-state index in [0.717, 1.165) is 49.2 Å². The van der Waals surface area contributed by atoms with Crippen molar-refractivity contribution in [2.24, 2.45) is 5.41 Å². The van der Waals surface area contributed by atoms with Crippen LogP contribution in [-0.2, 0) is 11.2 Å². The number of nitrogens with one attached hydrogen (secondary N) is 1. The van der Waals surface area contributed by atoms with Gasteiger partial charge in [-0.25, -0.2) is 0 Å². The van der Waals surface area contributed by atoms with Gasteiger partial charge in [0.2, 0.25) is 0 Å². The van der Waals surface area contributed by atoms with Gasteiger partial charge >= 0.3 is 0 Å².